The standard InChI is InChI=1S/C24H26O6/c1-4-20(24(12-13-24)23(26)27)30-21-17(9-11-19(28-2)22(21)29-3)14-6-5-7-16-15(14)8-10-18(16)25/h5-7,9,11,20H,4,8,10,12-13H2,1-3H3,(H,26,27)/i3D2. The number of ether oxygens (including phenoxy) is 3. The Morgan fingerprint density at radius 3 is 2.53 bits per heavy atom. The highest BCUT2D eigenvalue weighted by Crippen LogP contribution is 2.54. The van der Waals surface area contributed by atoms with Crippen molar-refractivity contribution in [2.45, 2.75) is 45.1 Å². The maximum absolute atomic E-state index is 12.3. The van der Waals surface area contributed by atoms with Crippen LogP contribution in [0.2, 0.25) is 0 Å². The SMILES string of the molecule is [2H]C([2H])Oc1c(OC)ccc(-c2cccc3c2CCC3=O)c1OC(CC)C1(C(=O)O)CC1. The molecule has 2 aromatic rings. The third-order valence-corrected chi connectivity index (χ3v) is 6.24. The molecule has 6 nitrogen and oxygen atoms in total. The summed E-state index contributed by atoms with van der Waals surface area (Å²) in [6.45, 7) is 1.87. The Morgan fingerprint density at radius 1 is 1.13 bits per heavy atom. The van der Waals surface area contributed by atoms with Crippen molar-refractivity contribution in [1.82, 2.24) is 0 Å². The number of aliphatic carboxylic acids is 1. The summed E-state index contributed by atoms with van der Waals surface area (Å²) >= 11 is 0. The molecule has 4 rings (SSSR count). The van der Waals surface area contributed by atoms with E-state index in [0.29, 0.717) is 43.2 Å². The highest BCUT2D eigenvalue weighted by Gasteiger charge is 2.57. The zero-order valence-corrected chi connectivity index (χ0v) is 17.1. The molecular formula is C24H26O6. The lowest BCUT2D eigenvalue weighted by Gasteiger charge is -2.27. The Balaban J connectivity index is 1.90. The Labute approximate surface area is 178 Å². The molecule has 0 amide bonds. The first-order valence-corrected chi connectivity index (χ1v) is 10.1. The monoisotopic (exact) mass is 412 g/mol. The van der Waals surface area contributed by atoms with Crippen molar-refractivity contribution in [3.05, 3.63) is 41.5 Å². The molecule has 0 radical (unpaired) electrons. The maximum atomic E-state index is 12.3. The molecule has 0 bridgehead atoms. The van der Waals surface area contributed by atoms with E-state index in [1.165, 1.54) is 7.11 Å². The van der Waals surface area contributed by atoms with Crippen LogP contribution in [-0.4, -0.2) is 37.1 Å². The van der Waals surface area contributed by atoms with Gasteiger partial charge in [0, 0.05) is 17.5 Å². The molecule has 1 atom stereocenters. The second-order valence-electron chi connectivity index (χ2n) is 7.82. The van der Waals surface area contributed by atoms with Crippen LogP contribution in [0, 0.1) is 5.41 Å². The van der Waals surface area contributed by atoms with Gasteiger partial charge in [0.05, 0.1) is 16.9 Å². The van der Waals surface area contributed by atoms with Gasteiger partial charge in [0.15, 0.2) is 17.3 Å². The molecule has 2 aliphatic carbocycles. The van der Waals surface area contributed by atoms with Crippen LogP contribution in [0.4, 0.5) is 0 Å². The number of ketones is 1. The topological polar surface area (TPSA) is 82.1 Å². The summed E-state index contributed by atoms with van der Waals surface area (Å²) in [6.07, 6.45) is 1.90. The van der Waals surface area contributed by atoms with E-state index in [2.05, 4.69) is 0 Å². The van der Waals surface area contributed by atoms with E-state index in [1.54, 1.807) is 24.3 Å². The number of Topliss-reactive ketones (excluding diaryl/α,β-unsaturated/α-hetero) is 1. The fourth-order valence-electron chi connectivity index (χ4n) is 4.43. The summed E-state index contributed by atoms with van der Waals surface area (Å²) in [6, 6.07) is 8.95. The molecule has 2 aliphatic rings. The van der Waals surface area contributed by atoms with E-state index in [4.69, 9.17) is 17.0 Å². The van der Waals surface area contributed by atoms with Gasteiger partial charge < -0.3 is 19.3 Å². The minimum absolute atomic E-state index is 0.0842. The van der Waals surface area contributed by atoms with Gasteiger partial charge in [-0.1, -0.05) is 25.1 Å². The summed E-state index contributed by atoms with van der Waals surface area (Å²) in [4.78, 5) is 24.3. The number of carboxylic acids is 1. The molecule has 30 heavy (non-hydrogen) atoms. The quantitative estimate of drug-likeness (QED) is 0.686. The van der Waals surface area contributed by atoms with Crippen LogP contribution < -0.4 is 14.2 Å². The molecule has 6 heteroatoms. The van der Waals surface area contributed by atoms with Crippen molar-refractivity contribution in [2.24, 2.45) is 5.41 Å². The van der Waals surface area contributed by atoms with Crippen molar-refractivity contribution < 1.29 is 31.6 Å². The molecule has 0 aromatic heterocycles. The van der Waals surface area contributed by atoms with Gasteiger partial charge in [-0.15, -0.1) is 0 Å². The van der Waals surface area contributed by atoms with Crippen LogP contribution in [0.15, 0.2) is 30.3 Å². The van der Waals surface area contributed by atoms with Gasteiger partial charge in [-0.05, 0) is 48.9 Å². The minimum atomic E-state index is -1.64. The lowest BCUT2D eigenvalue weighted by molar-refractivity contribution is -0.147. The number of hydrogen-bond acceptors (Lipinski definition) is 5. The van der Waals surface area contributed by atoms with Crippen LogP contribution >= 0.6 is 0 Å². The number of methoxy groups -OCH3 is 2. The molecule has 1 saturated carbocycles. The fourth-order valence-corrected chi connectivity index (χ4v) is 4.43. The van der Waals surface area contributed by atoms with Gasteiger partial charge in [0.2, 0.25) is 5.75 Å². The molecule has 2 aromatic carbocycles. The average Bonchev–Trinajstić information content (AvgIpc) is 3.50. The van der Waals surface area contributed by atoms with Crippen molar-refractivity contribution in [3.63, 3.8) is 0 Å². The normalized spacial score (nSPS) is 18.3. The largest absolute Gasteiger partial charge is 0.493 e. The lowest BCUT2D eigenvalue weighted by Crippen LogP contribution is -2.34. The van der Waals surface area contributed by atoms with Gasteiger partial charge in [0.1, 0.15) is 11.5 Å². The Morgan fingerprint density at radius 2 is 1.90 bits per heavy atom. The third kappa shape index (κ3) is 3.11. The zero-order chi connectivity index (χ0) is 23.0. The molecule has 0 aliphatic heterocycles. The number of carbonyl (C=O) groups excluding carboxylic acids is 1. The van der Waals surface area contributed by atoms with Gasteiger partial charge in [-0.25, -0.2) is 0 Å². The predicted molar refractivity (Wildman–Crippen MR) is 112 cm³/mol. The molecule has 1 unspecified atom stereocenters. The highest BCUT2D eigenvalue weighted by atomic mass is 16.5. The summed E-state index contributed by atoms with van der Waals surface area (Å²) in [5, 5.41) is 9.81. The van der Waals surface area contributed by atoms with Gasteiger partial charge in [0.25, 0.3) is 0 Å². The molecule has 158 valence electrons. The van der Waals surface area contributed by atoms with Crippen LogP contribution in [-0.2, 0) is 11.2 Å². The summed E-state index contributed by atoms with van der Waals surface area (Å²) in [7, 11) is -0.191. The third-order valence-electron chi connectivity index (χ3n) is 6.24. The Kier molecular flexibility index (Phi) is 4.55. The van der Waals surface area contributed by atoms with Crippen molar-refractivity contribution >= 4 is 11.8 Å². The molecular weight excluding hydrogens is 384 g/mol. The van der Waals surface area contributed by atoms with Gasteiger partial charge in [-0.3, -0.25) is 9.59 Å². The zero-order valence-electron chi connectivity index (χ0n) is 19.1. The summed E-state index contributed by atoms with van der Waals surface area (Å²) in [5.74, 6) is -0.211. The van der Waals surface area contributed by atoms with E-state index in [0.717, 1.165) is 11.1 Å². The molecule has 0 saturated heterocycles. The van der Waals surface area contributed by atoms with Crippen LogP contribution in [0.5, 0.6) is 17.2 Å². The molecule has 1 fully saturated rings. The Bertz CT molecular complexity index is 1060. The first-order valence-electron chi connectivity index (χ1n) is 11.3. The van der Waals surface area contributed by atoms with Gasteiger partial charge >= 0.3 is 5.97 Å². The van der Waals surface area contributed by atoms with Gasteiger partial charge in [-0.2, -0.15) is 0 Å². The second kappa shape index (κ2) is 7.67. The molecule has 0 spiro atoms. The first-order chi connectivity index (χ1) is 15.3. The fraction of sp³-hybridized carbons (Fsp3) is 0.417. The number of fused-ring (bicyclic) bond motifs is 1. The second-order valence-corrected chi connectivity index (χ2v) is 7.82. The van der Waals surface area contributed by atoms with Crippen LogP contribution in [0.25, 0.3) is 11.1 Å². The van der Waals surface area contributed by atoms with Crippen molar-refractivity contribution in [2.75, 3.05) is 14.2 Å². The van der Waals surface area contributed by atoms with Crippen LogP contribution in [0.3, 0.4) is 0 Å². The van der Waals surface area contributed by atoms with E-state index < -0.39 is 24.6 Å². The predicted octanol–water partition coefficient (Wildman–Crippen LogP) is 4.52. The molecule has 0 heterocycles. The number of hydrogen-bond donors (Lipinski definition) is 1. The smallest absolute Gasteiger partial charge is 0.313 e. The van der Waals surface area contributed by atoms with E-state index in [-0.39, 0.29) is 23.0 Å². The lowest BCUT2D eigenvalue weighted by atomic mass is 9.94. The van der Waals surface area contributed by atoms with Crippen molar-refractivity contribution in [1.29, 1.82) is 0 Å². The average molecular weight is 412 g/mol. The minimum Gasteiger partial charge on any atom is -0.493 e. The summed E-state index contributed by atoms with van der Waals surface area (Å²) < 4.78 is 32.5. The van der Waals surface area contributed by atoms with E-state index in [9.17, 15) is 14.7 Å². The van der Waals surface area contributed by atoms with E-state index >= 15 is 0 Å². The number of rotatable bonds is 8. The van der Waals surface area contributed by atoms with Crippen molar-refractivity contribution in [3.8, 4) is 28.4 Å². The number of carbonyl (C=O) groups is 2. The number of carboxylic acid groups (broad SMARTS) is 1. The van der Waals surface area contributed by atoms with E-state index in [1.807, 2.05) is 13.0 Å². The highest BCUT2D eigenvalue weighted by molar-refractivity contribution is 6.02. The summed E-state index contributed by atoms with van der Waals surface area (Å²) in [5.41, 5.74) is 2.01. The maximum Gasteiger partial charge on any atom is 0.313 e. The molecule has 1 N–H and O–H groups in total. The first kappa shape index (κ1) is 17.8. The number of benzene rings is 2. The Hall–Kier alpha value is -3.02. The van der Waals surface area contributed by atoms with Crippen LogP contribution in [0.1, 0.15) is 51.3 Å².